The standard InChI is InChI=1S/C28H43ClN4O/c1-8-33(24-11-9-23(10-12-24)32(6)7)27-15-22(29)14-25(21(27)5)28(34)31-17-26-20(4)19(3)13-18(2)16-30-26/h14-16,19-20,23-24H,8-13,17H2,1-7H3,(H,31,34)/t19-,20?,23?,24?/m1/s1. The minimum Gasteiger partial charge on any atom is -0.369 e. The van der Waals surface area contributed by atoms with E-state index in [0.29, 0.717) is 41.1 Å². The van der Waals surface area contributed by atoms with Crippen LogP contribution in [-0.2, 0) is 0 Å². The van der Waals surface area contributed by atoms with Crippen LogP contribution in [0, 0.1) is 18.8 Å². The van der Waals surface area contributed by atoms with Gasteiger partial charge in [0.1, 0.15) is 0 Å². The average Bonchev–Trinajstić information content (AvgIpc) is 2.92. The fourth-order valence-electron chi connectivity index (χ4n) is 5.56. The molecule has 5 nitrogen and oxygen atoms in total. The molecule has 1 aliphatic carbocycles. The van der Waals surface area contributed by atoms with E-state index in [9.17, 15) is 4.79 Å². The van der Waals surface area contributed by atoms with Crippen molar-refractivity contribution in [2.75, 3.05) is 32.1 Å². The van der Waals surface area contributed by atoms with Crippen molar-refractivity contribution in [3.63, 3.8) is 0 Å². The summed E-state index contributed by atoms with van der Waals surface area (Å²) in [6.07, 6.45) is 7.72. The van der Waals surface area contributed by atoms with Crippen LogP contribution in [0.5, 0.6) is 0 Å². The van der Waals surface area contributed by atoms with E-state index in [-0.39, 0.29) is 5.91 Å². The second-order valence-electron chi connectivity index (χ2n) is 10.6. The van der Waals surface area contributed by atoms with Crippen molar-refractivity contribution in [2.24, 2.45) is 16.8 Å². The highest BCUT2D eigenvalue weighted by atomic mass is 35.5. The van der Waals surface area contributed by atoms with Crippen LogP contribution in [-0.4, -0.2) is 55.8 Å². The predicted octanol–water partition coefficient (Wildman–Crippen LogP) is 6.10. The van der Waals surface area contributed by atoms with Gasteiger partial charge < -0.3 is 15.1 Å². The highest BCUT2D eigenvalue weighted by molar-refractivity contribution is 6.31. The number of carbonyl (C=O) groups is 1. The number of nitrogens with zero attached hydrogens (tertiary/aromatic N) is 3. The molecule has 3 rings (SSSR count). The highest BCUT2D eigenvalue weighted by Crippen LogP contribution is 2.34. The number of hydrogen-bond acceptors (Lipinski definition) is 4. The largest absolute Gasteiger partial charge is 0.369 e. The van der Waals surface area contributed by atoms with Gasteiger partial charge in [0.15, 0.2) is 0 Å². The van der Waals surface area contributed by atoms with E-state index < -0.39 is 0 Å². The molecule has 0 aromatic heterocycles. The number of amides is 1. The second-order valence-corrected chi connectivity index (χ2v) is 11.0. The van der Waals surface area contributed by atoms with Crippen molar-refractivity contribution in [3.05, 3.63) is 40.1 Å². The van der Waals surface area contributed by atoms with Crippen LogP contribution in [0.4, 0.5) is 5.69 Å². The molecule has 0 spiro atoms. The molecule has 0 bridgehead atoms. The Kier molecular flexibility index (Phi) is 9.22. The Labute approximate surface area is 211 Å². The number of aliphatic imine (C=N–C) groups is 1. The van der Waals surface area contributed by atoms with Crippen molar-refractivity contribution in [1.29, 1.82) is 0 Å². The zero-order chi connectivity index (χ0) is 25.0. The normalized spacial score (nSPS) is 25.4. The molecule has 0 radical (unpaired) electrons. The Morgan fingerprint density at radius 3 is 2.38 bits per heavy atom. The molecule has 1 fully saturated rings. The van der Waals surface area contributed by atoms with Gasteiger partial charge in [0.25, 0.3) is 5.91 Å². The number of hydrogen-bond donors (Lipinski definition) is 1. The maximum atomic E-state index is 13.3. The van der Waals surface area contributed by atoms with Gasteiger partial charge in [-0.1, -0.05) is 31.0 Å². The number of carbonyl (C=O) groups excluding carboxylic acids is 1. The summed E-state index contributed by atoms with van der Waals surface area (Å²) in [5.74, 6) is 0.758. The zero-order valence-corrected chi connectivity index (χ0v) is 22.9. The van der Waals surface area contributed by atoms with Crippen LogP contribution >= 0.6 is 11.6 Å². The fraction of sp³-hybridized carbons (Fsp3) is 0.643. The lowest BCUT2D eigenvalue weighted by Gasteiger charge is -2.40. The number of nitrogens with one attached hydrogen (secondary N) is 1. The van der Waals surface area contributed by atoms with Gasteiger partial charge in [-0.2, -0.15) is 0 Å². The molecule has 1 aliphatic heterocycles. The fourth-order valence-corrected chi connectivity index (χ4v) is 5.77. The van der Waals surface area contributed by atoms with Crippen LogP contribution in [0.15, 0.2) is 28.9 Å². The van der Waals surface area contributed by atoms with Gasteiger partial charge in [0, 0.05) is 46.8 Å². The topological polar surface area (TPSA) is 47.9 Å². The molecule has 1 N–H and O–H groups in total. The lowest BCUT2D eigenvalue weighted by molar-refractivity contribution is 0.0958. The summed E-state index contributed by atoms with van der Waals surface area (Å²) in [6, 6.07) is 4.97. The Bertz CT molecular complexity index is 931. The lowest BCUT2D eigenvalue weighted by atomic mass is 9.87. The monoisotopic (exact) mass is 486 g/mol. The molecule has 2 aliphatic rings. The second kappa shape index (κ2) is 11.7. The Balaban J connectivity index is 1.77. The van der Waals surface area contributed by atoms with E-state index in [4.69, 9.17) is 11.6 Å². The van der Waals surface area contributed by atoms with Crippen LogP contribution < -0.4 is 10.2 Å². The maximum Gasteiger partial charge on any atom is 0.251 e. The Hall–Kier alpha value is -1.85. The van der Waals surface area contributed by atoms with Gasteiger partial charge in [-0.3, -0.25) is 9.79 Å². The van der Waals surface area contributed by atoms with Gasteiger partial charge in [-0.25, -0.2) is 0 Å². The highest BCUT2D eigenvalue weighted by Gasteiger charge is 2.28. The summed E-state index contributed by atoms with van der Waals surface area (Å²) < 4.78 is 0. The summed E-state index contributed by atoms with van der Waals surface area (Å²) in [5, 5.41) is 3.74. The van der Waals surface area contributed by atoms with E-state index >= 15 is 0 Å². The number of anilines is 1. The summed E-state index contributed by atoms with van der Waals surface area (Å²) in [4.78, 5) is 22.8. The van der Waals surface area contributed by atoms with E-state index in [2.05, 4.69) is 68.8 Å². The third-order valence-corrected chi connectivity index (χ3v) is 8.20. The van der Waals surface area contributed by atoms with Crippen molar-refractivity contribution in [3.8, 4) is 0 Å². The van der Waals surface area contributed by atoms with Crippen LogP contribution in [0.1, 0.15) is 75.7 Å². The predicted molar refractivity (Wildman–Crippen MR) is 145 cm³/mol. The first kappa shape index (κ1) is 26.7. The molecule has 2 atom stereocenters. The molecule has 188 valence electrons. The Morgan fingerprint density at radius 2 is 1.76 bits per heavy atom. The molecule has 0 saturated heterocycles. The first-order chi connectivity index (χ1) is 16.1. The average molecular weight is 487 g/mol. The number of halogens is 1. The van der Waals surface area contributed by atoms with Crippen molar-refractivity contribution in [1.82, 2.24) is 10.2 Å². The third kappa shape index (κ3) is 6.23. The maximum absolute atomic E-state index is 13.3. The van der Waals surface area contributed by atoms with Gasteiger partial charge in [-0.05, 0) is 96.5 Å². The van der Waals surface area contributed by atoms with Crippen LogP contribution in [0.25, 0.3) is 0 Å². The molecular weight excluding hydrogens is 444 g/mol. The molecular formula is C28H43ClN4O. The van der Waals surface area contributed by atoms with E-state index in [1.807, 2.05) is 12.3 Å². The molecule has 1 unspecified atom stereocenters. The van der Waals surface area contributed by atoms with Gasteiger partial charge >= 0.3 is 0 Å². The van der Waals surface area contributed by atoms with E-state index in [1.54, 1.807) is 6.07 Å². The van der Waals surface area contributed by atoms with E-state index in [1.165, 1.54) is 18.4 Å². The lowest BCUT2D eigenvalue weighted by Crippen LogP contribution is -2.42. The molecule has 1 aromatic rings. The van der Waals surface area contributed by atoms with Crippen LogP contribution in [0.3, 0.4) is 0 Å². The van der Waals surface area contributed by atoms with Gasteiger partial charge in [-0.15, -0.1) is 0 Å². The molecule has 1 heterocycles. The molecule has 6 heteroatoms. The molecule has 1 aromatic carbocycles. The molecule has 1 saturated carbocycles. The first-order valence-electron chi connectivity index (χ1n) is 12.9. The summed E-state index contributed by atoms with van der Waals surface area (Å²) >= 11 is 6.55. The quantitative estimate of drug-likeness (QED) is 0.506. The third-order valence-electron chi connectivity index (χ3n) is 7.98. The van der Waals surface area contributed by atoms with Crippen molar-refractivity contribution in [2.45, 2.75) is 78.8 Å². The SMILES string of the molecule is CCN(c1cc(Cl)cc(C(=O)NCC2=NC=C(C)C[C@@H](C)C2C)c1C)C1CCC(N(C)C)CC1. The van der Waals surface area contributed by atoms with Crippen molar-refractivity contribution < 1.29 is 4.79 Å². The minimum absolute atomic E-state index is 0.0823. The summed E-state index contributed by atoms with van der Waals surface area (Å²) in [6.45, 7) is 12.2. The smallest absolute Gasteiger partial charge is 0.251 e. The summed E-state index contributed by atoms with van der Waals surface area (Å²) in [7, 11) is 4.35. The zero-order valence-electron chi connectivity index (χ0n) is 22.1. The molecule has 34 heavy (non-hydrogen) atoms. The van der Waals surface area contributed by atoms with E-state index in [0.717, 1.165) is 42.8 Å². The Morgan fingerprint density at radius 1 is 1.12 bits per heavy atom. The minimum atomic E-state index is -0.0823. The number of rotatable bonds is 7. The molecule has 1 amide bonds. The number of allylic oxidation sites excluding steroid dienone is 1. The summed E-state index contributed by atoms with van der Waals surface area (Å²) in [5.41, 5.74) is 5.06. The van der Waals surface area contributed by atoms with Crippen molar-refractivity contribution >= 4 is 28.9 Å². The van der Waals surface area contributed by atoms with Crippen LogP contribution in [0.2, 0.25) is 5.02 Å². The first-order valence-corrected chi connectivity index (χ1v) is 13.2. The number of benzene rings is 1. The van der Waals surface area contributed by atoms with Gasteiger partial charge in [0.2, 0.25) is 0 Å². The van der Waals surface area contributed by atoms with Gasteiger partial charge in [0.05, 0.1) is 6.54 Å².